The number of nitrogens with zero attached hydrogens (tertiary/aromatic N) is 1. The molecule has 0 aromatic rings. The van der Waals surface area contributed by atoms with E-state index in [1.807, 2.05) is 13.8 Å². The summed E-state index contributed by atoms with van der Waals surface area (Å²) in [6.07, 6.45) is 0. The monoisotopic (exact) mass is 232 g/mol. The van der Waals surface area contributed by atoms with Gasteiger partial charge in [0.1, 0.15) is 5.75 Å². The molecule has 1 unspecified atom stereocenters. The second-order valence-corrected chi connectivity index (χ2v) is 5.34. The Morgan fingerprint density at radius 3 is 2.40 bits per heavy atom. The molecule has 0 spiro atoms. The normalized spacial score (nSPS) is 18.3. The summed E-state index contributed by atoms with van der Waals surface area (Å²) < 4.78 is 11.6. The summed E-state index contributed by atoms with van der Waals surface area (Å²) in [5.41, 5.74) is 0. The molecule has 1 atom stereocenters. The van der Waals surface area contributed by atoms with Crippen LogP contribution in [-0.2, 0) is 15.6 Å². The zero-order valence-corrected chi connectivity index (χ0v) is 10.3. The van der Waals surface area contributed by atoms with Gasteiger partial charge in [-0.05, 0) is 19.8 Å². The lowest BCUT2D eigenvalue weighted by Crippen LogP contribution is -2.45. The van der Waals surface area contributed by atoms with Crippen LogP contribution in [0.25, 0.3) is 0 Å². The Kier molecular flexibility index (Phi) is 5.25. The average Bonchev–Trinajstić information content (AvgIpc) is 2.13. The summed E-state index contributed by atoms with van der Waals surface area (Å²) in [4.78, 5) is 13.4. The molecule has 1 aliphatic rings. The predicted molar refractivity (Wildman–Crippen MR) is 62.2 cm³/mol. The molecule has 88 valence electrons. The third-order valence-electron chi connectivity index (χ3n) is 2.69. The van der Waals surface area contributed by atoms with Gasteiger partial charge in [0.2, 0.25) is 5.91 Å². The highest BCUT2D eigenvalue weighted by atomic mass is 32.2. The van der Waals surface area contributed by atoms with Crippen LogP contribution in [0.2, 0.25) is 0 Å². The van der Waals surface area contributed by atoms with Crippen LogP contribution in [0.1, 0.15) is 13.8 Å². The van der Waals surface area contributed by atoms with Crippen molar-refractivity contribution in [2.24, 2.45) is 5.92 Å². The van der Waals surface area contributed by atoms with Crippen LogP contribution in [0.15, 0.2) is 0 Å². The van der Waals surface area contributed by atoms with Gasteiger partial charge >= 0.3 is 0 Å². The van der Waals surface area contributed by atoms with Crippen LogP contribution in [-0.4, -0.2) is 52.7 Å². The number of hydrogen-bond donors (Lipinski definition) is 1. The van der Waals surface area contributed by atoms with Crippen LogP contribution in [0.4, 0.5) is 0 Å². The van der Waals surface area contributed by atoms with Crippen molar-refractivity contribution in [1.29, 1.82) is 0 Å². The fourth-order valence-corrected chi connectivity index (χ4v) is 2.93. The number of nitrogens with one attached hydrogen (secondary N) is 1. The van der Waals surface area contributed by atoms with Gasteiger partial charge < -0.3 is 10.2 Å². The van der Waals surface area contributed by atoms with E-state index in [1.165, 1.54) is 0 Å². The maximum absolute atomic E-state index is 11.6. The molecule has 0 aromatic carbocycles. The van der Waals surface area contributed by atoms with E-state index in [1.54, 1.807) is 4.90 Å². The topological polar surface area (TPSA) is 49.4 Å². The molecule has 0 aliphatic carbocycles. The minimum atomic E-state index is -0.984. The van der Waals surface area contributed by atoms with Gasteiger partial charge in [-0.1, -0.05) is 0 Å². The van der Waals surface area contributed by atoms with Crippen molar-refractivity contribution in [1.82, 2.24) is 10.2 Å². The number of carbonyl (C=O) groups is 1. The third-order valence-corrected chi connectivity index (χ3v) is 4.10. The summed E-state index contributed by atoms with van der Waals surface area (Å²) in [6, 6.07) is 0. The fraction of sp³-hybridized carbons (Fsp3) is 0.900. The van der Waals surface area contributed by atoms with E-state index >= 15 is 0 Å². The van der Waals surface area contributed by atoms with Crippen LogP contribution in [0.3, 0.4) is 0 Å². The molecule has 1 rings (SSSR count). The lowest BCUT2D eigenvalue weighted by Gasteiger charge is -2.26. The van der Waals surface area contributed by atoms with E-state index < -0.39 is 10.8 Å². The van der Waals surface area contributed by atoms with E-state index in [0.717, 1.165) is 13.1 Å². The first kappa shape index (κ1) is 12.6. The van der Waals surface area contributed by atoms with Crippen molar-refractivity contribution in [3.05, 3.63) is 0 Å². The summed E-state index contributed by atoms with van der Waals surface area (Å²) in [7, 11) is -0.984. The van der Waals surface area contributed by atoms with Gasteiger partial charge in [0.15, 0.2) is 0 Å². The number of amides is 1. The highest BCUT2D eigenvalue weighted by Gasteiger charge is 2.21. The van der Waals surface area contributed by atoms with Gasteiger partial charge in [0.05, 0.1) is 0 Å². The molecule has 1 amide bonds. The van der Waals surface area contributed by atoms with Gasteiger partial charge in [0.25, 0.3) is 0 Å². The van der Waals surface area contributed by atoms with Gasteiger partial charge in [-0.2, -0.15) is 0 Å². The van der Waals surface area contributed by atoms with E-state index in [-0.39, 0.29) is 11.7 Å². The first-order chi connectivity index (χ1) is 7.17. The number of rotatable bonds is 6. The number of carbonyl (C=O) groups excluding carboxylic acids is 1. The minimum absolute atomic E-state index is 0.0191. The smallest absolute Gasteiger partial charge is 0.235 e. The number of hydrogen-bond acceptors (Lipinski definition) is 3. The van der Waals surface area contributed by atoms with Gasteiger partial charge in [-0.3, -0.25) is 9.00 Å². The third kappa shape index (κ3) is 3.91. The van der Waals surface area contributed by atoms with E-state index in [0.29, 0.717) is 24.8 Å². The second kappa shape index (κ2) is 6.23. The maximum atomic E-state index is 11.6. The Hall–Kier alpha value is -0.420. The quantitative estimate of drug-likeness (QED) is 0.691. The Morgan fingerprint density at radius 2 is 2.00 bits per heavy atom. The van der Waals surface area contributed by atoms with Crippen molar-refractivity contribution >= 4 is 16.7 Å². The zero-order valence-electron chi connectivity index (χ0n) is 9.49. The Morgan fingerprint density at radius 1 is 1.40 bits per heavy atom. The van der Waals surface area contributed by atoms with Crippen molar-refractivity contribution in [2.75, 3.05) is 37.7 Å². The van der Waals surface area contributed by atoms with Crippen LogP contribution in [0.5, 0.6) is 0 Å². The van der Waals surface area contributed by atoms with Gasteiger partial charge in [0, 0.05) is 42.7 Å². The Bertz CT molecular complexity index is 238. The maximum Gasteiger partial charge on any atom is 0.235 e. The Balaban J connectivity index is 2.26. The highest BCUT2D eigenvalue weighted by Crippen LogP contribution is 2.05. The summed E-state index contributed by atoms with van der Waals surface area (Å²) in [5.74, 6) is 1.39. The standard InChI is InChI=1S/C10H20N2O2S/c1-3-12(4-2)10(13)8-15(14)7-9-5-11-6-9/h9,11H,3-8H2,1-2H3. The molecule has 1 aliphatic heterocycles. The SMILES string of the molecule is CCN(CC)C(=O)CS(=O)CC1CNC1. The largest absolute Gasteiger partial charge is 0.342 e. The fourth-order valence-electron chi connectivity index (χ4n) is 1.59. The van der Waals surface area contributed by atoms with Crippen molar-refractivity contribution in [3.63, 3.8) is 0 Å². The second-order valence-electron chi connectivity index (χ2n) is 3.84. The molecule has 5 heteroatoms. The first-order valence-corrected chi connectivity index (χ1v) is 6.99. The molecular formula is C10H20N2O2S. The summed E-state index contributed by atoms with van der Waals surface area (Å²) in [6.45, 7) is 7.20. The molecular weight excluding hydrogens is 212 g/mol. The van der Waals surface area contributed by atoms with E-state index in [9.17, 15) is 9.00 Å². The predicted octanol–water partition coefficient (Wildman–Crippen LogP) is -0.177. The van der Waals surface area contributed by atoms with Crippen molar-refractivity contribution < 1.29 is 9.00 Å². The molecule has 15 heavy (non-hydrogen) atoms. The Labute approximate surface area is 93.9 Å². The molecule has 1 heterocycles. The lowest BCUT2D eigenvalue weighted by atomic mass is 10.1. The molecule has 1 saturated heterocycles. The lowest BCUT2D eigenvalue weighted by molar-refractivity contribution is -0.128. The molecule has 1 fully saturated rings. The summed E-state index contributed by atoms with van der Waals surface area (Å²) in [5, 5.41) is 3.14. The van der Waals surface area contributed by atoms with Crippen LogP contribution < -0.4 is 5.32 Å². The molecule has 1 N–H and O–H groups in total. The zero-order chi connectivity index (χ0) is 11.3. The van der Waals surface area contributed by atoms with Crippen LogP contribution in [0, 0.1) is 5.92 Å². The summed E-state index contributed by atoms with van der Waals surface area (Å²) >= 11 is 0. The van der Waals surface area contributed by atoms with E-state index in [2.05, 4.69) is 5.32 Å². The van der Waals surface area contributed by atoms with Gasteiger partial charge in [-0.15, -0.1) is 0 Å². The molecule has 0 aromatic heterocycles. The molecule has 0 saturated carbocycles. The minimum Gasteiger partial charge on any atom is -0.342 e. The average molecular weight is 232 g/mol. The first-order valence-electron chi connectivity index (χ1n) is 5.50. The highest BCUT2D eigenvalue weighted by molar-refractivity contribution is 7.85. The van der Waals surface area contributed by atoms with Gasteiger partial charge in [-0.25, -0.2) is 0 Å². The molecule has 4 nitrogen and oxygen atoms in total. The van der Waals surface area contributed by atoms with E-state index in [4.69, 9.17) is 0 Å². The van der Waals surface area contributed by atoms with Crippen LogP contribution >= 0.6 is 0 Å². The van der Waals surface area contributed by atoms with Crippen molar-refractivity contribution in [3.8, 4) is 0 Å². The molecule has 0 radical (unpaired) electrons. The molecule has 0 bridgehead atoms. The van der Waals surface area contributed by atoms with Crippen molar-refractivity contribution in [2.45, 2.75) is 13.8 Å².